The molecule has 2 aromatic carbocycles. The summed E-state index contributed by atoms with van der Waals surface area (Å²) in [6, 6.07) is 16.1. The molecule has 32 heavy (non-hydrogen) atoms. The van der Waals surface area contributed by atoms with E-state index in [2.05, 4.69) is 15.2 Å². The molecule has 0 atom stereocenters. The van der Waals surface area contributed by atoms with E-state index in [-0.39, 0.29) is 21.5 Å². The average Bonchev–Trinajstić information content (AvgIpc) is 3.44. The summed E-state index contributed by atoms with van der Waals surface area (Å²) in [5, 5.41) is 28.2. The van der Waals surface area contributed by atoms with Gasteiger partial charge in [0.05, 0.1) is 4.92 Å². The number of carboxylic acids is 1. The maximum atomic E-state index is 11.7. The number of thioether (sulfide) groups is 1. The number of nitrogens with zero attached hydrogens (tertiary/aromatic N) is 3. The van der Waals surface area contributed by atoms with Gasteiger partial charge in [0, 0.05) is 34.4 Å². The van der Waals surface area contributed by atoms with Crippen LogP contribution in [0.2, 0.25) is 5.02 Å². The molecular weight excluding hydrogens is 456 g/mol. The van der Waals surface area contributed by atoms with Crippen molar-refractivity contribution in [2.24, 2.45) is 0 Å². The Morgan fingerprint density at radius 2 is 1.94 bits per heavy atom. The second-order valence-corrected chi connectivity index (χ2v) is 7.84. The van der Waals surface area contributed by atoms with Gasteiger partial charge in [-0.3, -0.25) is 15.2 Å². The molecule has 2 heterocycles. The molecule has 4 aromatic rings. The van der Waals surface area contributed by atoms with Crippen molar-refractivity contribution in [2.75, 3.05) is 0 Å². The van der Waals surface area contributed by atoms with Gasteiger partial charge < -0.3 is 9.52 Å². The highest BCUT2D eigenvalue weighted by Gasteiger charge is 2.16. The fourth-order valence-electron chi connectivity index (χ4n) is 2.75. The highest BCUT2D eigenvalue weighted by atomic mass is 35.5. The summed E-state index contributed by atoms with van der Waals surface area (Å²) in [4.78, 5) is 26.4. The molecule has 9 nitrogen and oxygen atoms in total. The van der Waals surface area contributed by atoms with E-state index in [1.165, 1.54) is 18.2 Å². The van der Waals surface area contributed by atoms with Crippen molar-refractivity contribution >= 4 is 41.1 Å². The van der Waals surface area contributed by atoms with Crippen LogP contribution < -0.4 is 0 Å². The van der Waals surface area contributed by atoms with Crippen LogP contribution in [0.1, 0.15) is 5.76 Å². The maximum absolute atomic E-state index is 11.7. The van der Waals surface area contributed by atoms with Crippen LogP contribution in [0.25, 0.3) is 28.8 Å². The Labute approximate surface area is 189 Å². The molecule has 4 rings (SSSR count). The summed E-state index contributed by atoms with van der Waals surface area (Å²) < 4.78 is 5.67. The minimum absolute atomic E-state index is 0.0633. The lowest BCUT2D eigenvalue weighted by atomic mass is 10.1. The Bertz CT molecular complexity index is 1330. The van der Waals surface area contributed by atoms with Gasteiger partial charge >= 0.3 is 5.97 Å². The molecule has 2 N–H and O–H groups in total. The number of carbonyl (C=O) groups is 1. The van der Waals surface area contributed by atoms with Gasteiger partial charge in [-0.1, -0.05) is 23.7 Å². The van der Waals surface area contributed by atoms with Crippen molar-refractivity contribution in [3.63, 3.8) is 0 Å². The molecule has 0 aliphatic carbocycles. The number of hydrogen-bond donors (Lipinski definition) is 2. The third-order valence-corrected chi connectivity index (χ3v) is 5.37. The SMILES string of the molecule is O=C(O)/C(=C/c1ccc(-c2cccc([N+](=O)[O-])c2)o1)Sc1n[nH]c(-c2ccc(Cl)cc2)n1. The number of nitro groups is 1. The van der Waals surface area contributed by atoms with Gasteiger partial charge in [0.15, 0.2) is 5.82 Å². The second kappa shape index (κ2) is 9.08. The number of aliphatic carboxylic acids is 1. The number of furan rings is 1. The van der Waals surface area contributed by atoms with E-state index in [1.54, 1.807) is 48.5 Å². The van der Waals surface area contributed by atoms with E-state index in [9.17, 15) is 20.0 Å². The number of H-pyrrole nitrogens is 1. The predicted octanol–water partition coefficient (Wildman–Crippen LogP) is 5.51. The number of nitro benzene ring substituents is 1. The smallest absolute Gasteiger partial charge is 0.342 e. The molecule has 0 saturated heterocycles. The molecule has 0 saturated carbocycles. The average molecular weight is 469 g/mol. The molecule has 11 heteroatoms. The summed E-state index contributed by atoms with van der Waals surface area (Å²) in [6.45, 7) is 0. The molecule has 0 spiro atoms. The van der Waals surface area contributed by atoms with Gasteiger partial charge in [-0.25, -0.2) is 9.78 Å². The van der Waals surface area contributed by atoms with E-state index in [0.29, 0.717) is 22.2 Å². The topological polar surface area (TPSA) is 135 Å². The van der Waals surface area contributed by atoms with Crippen LogP contribution >= 0.6 is 23.4 Å². The van der Waals surface area contributed by atoms with Crippen LogP contribution in [0.15, 0.2) is 75.1 Å². The van der Waals surface area contributed by atoms with Crippen molar-refractivity contribution in [2.45, 2.75) is 5.16 Å². The first kappa shape index (κ1) is 21.3. The van der Waals surface area contributed by atoms with E-state index >= 15 is 0 Å². The minimum atomic E-state index is -1.18. The predicted molar refractivity (Wildman–Crippen MR) is 119 cm³/mol. The first-order valence-electron chi connectivity index (χ1n) is 9.05. The monoisotopic (exact) mass is 468 g/mol. The van der Waals surface area contributed by atoms with Crippen molar-refractivity contribution in [1.82, 2.24) is 15.2 Å². The lowest BCUT2D eigenvalue weighted by Gasteiger charge is -1.99. The Morgan fingerprint density at radius 3 is 2.66 bits per heavy atom. The first-order chi connectivity index (χ1) is 15.4. The number of aromatic nitrogens is 3. The maximum Gasteiger partial charge on any atom is 0.342 e. The van der Waals surface area contributed by atoms with Crippen LogP contribution in [-0.2, 0) is 4.79 Å². The first-order valence-corrected chi connectivity index (χ1v) is 10.2. The molecule has 0 aliphatic heterocycles. The number of aromatic amines is 1. The largest absolute Gasteiger partial charge is 0.477 e. The van der Waals surface area contributed by atoms with Crippen molar-refractivity contribution in [3.8, 4) is 22.7 Å². The van der Waals surface area contributed by atoms with Crippen LogP contribution in [0, 0.1) is 10.1 Å². The number of non-ortho nitro benzene ring substituents is 1. The summed E-state index contributed by atoms with van der Waals surface area (Å²) in [7, 11) is 0. The van der Waals surface area contributed by atoms with Gasteiger partial charge in [-0.2, -0.15) is 0 Å². The summed E-state index contributed by atoms with van der Waals surface area (Å²) >= 11 is 6.74. The number of carboxylic acid groups (broad SMARTS) is 1. The highest BCUT2D eigenvalue weighted by Crippen LogP contribution is 2.30. The number of halogens is 1. The Kier molecular flexibility index (Phi) is 6.06. The number of benzene rings is 2. The minimum Gasteiger partial charge on any atom is -0.477 e. The highest BCUT2D eigenvalue weighted by molar-refractivity contribution is 8.04. The Morgan fingerprint density at radius 1 is 1.16 bits per heavy atom. The normalized spacial score (nSPS) is 11.5. The Hall–Kier alpha value is -3.89. The molecule has 0 fully saturated rings. The van der Waals surface area contributed by atoms with Gasteiger partial charge in [-0.05, 0) is 48.2 Å². The van der Waals surface area contributed by atoms with E-state index in [1.807, 2.05) is 0 Å². The number of hydrogen-bond acceptors (Lipinski definition) is 7. The van der Waals surface area contributed by atoms with Crippen LogP contribution in [0.4, 0.5) is 5.69 Å². The molecule has 0 bridgehead atoms. The molecule has 2 aromatic heterocycles. The fourth-order valence-corrected chi connectivity index (χ4v) is 3.56. The van der Waals surface area contributed by atoms with Gasteiger partial charge in [-0.15, -0.1) is 5.10 Å². The molecule has 0 aliphatic rings. The zero-order chi connectivity index (χ0) is 22.7. The van der Waals surface area contributed by atoms with Gasteiger partial charge in [0.2, 0.25) is 5.16 Å². The Balaban J connectivity index is 1.56. The second-order valence-electron chi connectivity index (χ2n) is 6.40. The number of nitrogens with one attached hydrogen (secondary N) is 1. The summed E-state index contributed by atoms with van der Waals surface area (Å²) in [5.41, 5.74) is 1.19. The van der Waals surface area contributed by atoms with E-state index < -0.39 is 10.9 Å². The molecule has 0 unspecified atom stereocenters. The zero-order valence-electron chi connectivity index (χ0n) is 16.1. The standard InChI is InChI=1S/C21H13ClN4O5S/c22-14-6-4-12(5-7-14)19-23-21(25-24-19)32-18(20(27)28)11-16-8-9-17(31-16)13-2-1-3-15(10-13)26(29)30/h1-11H,(H,27,28)(H,23,24,25)/b18-11-. The van der Waals surface area contributed by atoms with Gasteiger partial charge in [0.25, 0.3) is 5.69 Å². The van der Waals surface area contributed by atoms with Crippen LogP contribution in [-0.4, -0.2) is 31.2 Å². The van der Waals surface area contributed by atoms with Crippen molar-refractivity contribution in [3.05, 3.63) is 86.5 Å². The summed E-state index contributed by atoms with van der Waals surface area (Å²) in [6.07, 6.45) is 1.34. The van der Waals surface area contributed by atoms with E-state index in [0.717, 1.165) is 17.3 Å². The van der Waals surface area contributed by atoms with Crippen molar-refractivity contribution in [1.29, 1.82) is 0 Å². The van der Waals surface area contributed by atoms with Gasteiger partial charge in [0.1, 0.15) is 16.4 Å². The lowest BCUT2D eigenvalue weighted by Crippen LogP contribution is -1.97. The third-order valence-electron chi connectivity index (χ3n) is 4.24. The molecular formula is C21H13ClN4O5S. The number of rotatable bonds is 7. The van der Waals surface area contributed by atoms with Crippen LogP contribution in [0.5, 0.6) is 0 Å². The van der Waals surface area contributed by atoms with E-state index in [4.69, 9.17) is 16.0 Å². The van der Waals surface area contributed by atoms with Crippen molar-refractivity contribution < 1.29 is 19.2 Å². The lowest BCUT2D eigenvalue weighted by molar-refractivity contribution is -0.384. The quantitative estimate of drug-likeness (QED) is 0.157. The summed E-state index contributed by atoms with van der Waals surface area (Å²) in [5.74, 6) is -0.0662. The van der Waals surface area contributed by atoms with Crippen LogP contribution in [0.3, 0.4) is 0 Å². The molecule has 160 valence electrons. The third kappa shape index (κ3) is 4.88. The molecule has 0 radical (unpaired) electrons. The molecule has 0 amide bonds. The fraction of sp³-hybridized carbons (Fsp3) is 0. The zero-order valence-corrected chi connectivity index (χ0v) is 17.6.